The minimum Gasteiger partial charge on any atom is -0.337 e. The maximum Gasteiger partial charge on any atom is 0.0481 e. The summed E-state index contributed by atoms with van der Waals surface area (Å²) in [7, 11) is 0. The second kappa shape index (κ2) is 8.41. The number of para-hydroxylation sites is 2. The molecule has 136 valence electrons. The van der Waals surface area contributed by atoms with Gasteiger partial charge in [-0.2, -0.15) is 0 Å². The molecule has 0 amide bonds. The Kier molecular flexibility index (Phi) is 5.35. The summed E-state index contributed by atoms with van der Waals surface area (Å²) in [5, 5.41) is 0. The van der Waals surface area contributed by atoms with Crippen molar-refractivity contribution in [1.29, 1.82) is 0 Å². The van der Waals surface area contributed by atoms with E-state index in [4.69, 9.17) is 0 Å². The maximum absolute atomic E-state index is 4.27. The average molecular weight is 361 g/mol. The minimum atomic E-state index is 0.812. The Morgan fingerprint density at radius 2 is 0.964 bits per heavy atom. The van der Waals surface area contributed by atoms with Crippen molar-refractivity contribution < 1.29 is 0 Å². The number of benzene rings is 4. The summed E-state index contributed by atoms with van der Waals surface area (Å²) in [6, 6.07) is 40.1. The third-order valence-electron chi connectivity index (χ3n) is 4.90. The van der Waals surface area contributed by atoms with Crippen LogP contribution in [-0.4, -0.2) is 0 Å². The fraction of sp³-hybridized carbons (Fsp3) is 0.0370. The monoisotopic (exact) mass is 361 g/mol. The summed E-state index contributed by atoms with van der Waals surface area (Å²) in [6.07, 6.45) is 0. The molecular weight excluding hydrogens is 338 g/mol. The molecule has 0 aliphatic carbocycles. The zero-order valence-electron chi connectivity index (χ0n) is 15.8. The number of hydrogen-bond acceptors (Lipinski definition) is 1. The molecular formula is C27H23N. The minimum absolute atomic E-state index is 0.812. The molecule has 4 aromatic rings. The first-order valence-electron chi connectivity index (χ1n) is 9.52. The van der Waals surface area contributed by atoms with Gasteiger partial charge < -0.3 is 4.90 Å². The summed E-state index contributed by atoms with van der Waals surface area (Å²) in [5.74, 6) is 0. The van der Waals surface area contributed by atoms with E-state index in [1.54, 1.807) is 0 Å². The predicted octanol–water partition coefficient (Wildman–Crippen LogP) is 7.09. The smallest absolute Gasteiger partial charge is 0.0481 e. The van der Waals surface area contributed by atoms with Crippen LogP contribution in [0.3, 0.4) is 0 Å². The molecule has 1 heteroatoms. The molecule has 0 aromatic heterocycles. The van der Waals surface area contributed by atoms with Crippen molar-refractivity contribution in [2.45, 2.75) is 6.54 Å². The highest BCUT2D eigenvalue weighted by molar-refractivity contribution is 5.78. The van der Waals surface area contributed by atoms with E-state index in [0.717, 1.165) is 23.2 Å². The molecule has 0 aliphatic heterocycles. The van der Waals surface area contributed by atoms with E-state index >= 15 is 0 Å². The Labute approximate surface area is 167 Å². The van der Waals surface area contributed by atoms with Crippen LogP contribution in [0.25, 0.3) is 5.57 Å². The molecule has 0 N–H and O–H groups in total. The molecule has 0 unspecified atom stereocenters. The largest absolute Gasteiger partial charge is 0.337 e. The lowest BCUT2D eigenvalue weighted by Crippen LogP contribution is -2.16. The van der Waals surface area contributed by atoms with Crippen molar-refractivity contribution in [3.05, 3.63) is 139 Å². The van der Waals surface area contributed by atoms with Gasteiger partial charge >= 0.3 is 0 Å². The van der Waals surface area contributed by atoms with E-state index in [0.29, 0.717) is 0 Å². The predicted molar refractivity (Wildman–Crippen MR) is 120 cm³/mol. The second-order valence-corrected chi connectivity index (χ2v) is 6.80. The Hall–Kier alpha value is -3.58. The average Bonchev–Trinajstić information content (AvgIpc) is 2.79. The molecule has 4 rings (SSSR count). The quantitative estimate of drug-likeness (QED) is 0.354. The molecule has 0 radical (unpaired) electrons. The van der Waals surface area contributed by atoms with Gasteiger partial charge in [0.1, 0.15) is 0 Å². The maximum atomic E-state index is 4.27. The van der Waals surface area contributed by atoms with Crippen LogP contribution in [0.4, 0.5) is 11.4 Å². The van der Waals surface area contributed by atoms with E-state index in [1.807, 2.05) is 18.2 Å². The normalized spacial score (nSPS) is 10.4. The summed E-state index contributed by atoms with van der Waals surface area (Å²) in [4.78, 5) is 2.33. The second-order valence-electron chi connectivity index (χ2n) is 6.80. The Bertz CT molecular complexity index is 980. The lowest BCUT2D eigenvalue weighted by atomic mass is 9.98. The molecule has 4 aromatic carbocycles. The van der Waals surface area contributed by atoms with Crippen molar-refractivity contribution in [3.63, 3.8) is 0 Å². The third kappa shape index (κ3) is 4.05. The van der Waals surface area contributed by atoms with Crippen LogP contribution in [0.1, 0.15) is 16.7 Å². The van der Waals surface area contributed by atoms with Gasteiger partial charge in [0, 0.05) is 17.9 Å². The highest BCUT2D eigenvalue weighted by Gasteiger charge is 2.10. The molecule has 28 heavy (non-hydrogen) atoms. The lowest BCUT2D eigenvalue weighted by Gasteiger charge is -2.25. The SMILES string of the molecule is C=C(c1ccccc1)c1ccc(CN(c2ccccc2)c2ccccc2)cc1. The number of nitrogens with zero attached hydrogens (tertiary/aromatic N) is 1. The number of rotatable bonds is 6. The van der Waals surface area contributed by atoms with Gasteiger partial charge in [-0.1, -0.05) is 97.6 Å². The highest BCUT2D eigenvalue weighted by Crippen LogP contribution is 2.28. The molecule has 0 saturated heterocycles. The van der Waals surface area contributed by atoms with Crippen LogP contribution >= 0.6 is 0 Å². The van der Waals surface area contributed by atoms with Crippen LogP contribution in [0.5, 0.6) is 0 Å². The van der Waals surface area contributed by atoms with E-state index in [1.165, 1.54) is 16.9 Å². The fourth-order valence-corrected chi connectivity index (χ4v) is 3.35. The van der Waals surface area contributed by atoms with Gasteiger partial charge in [-0.25, -0.2) is 0 Å². The molecule has 0 heterocycles. The van der Waals surface area contributed by atoms with Crippen molar-refractivity contribution >= 4 is 16.9 Å². The van der Waals surface area contributed by atoms with E-state index in [-0.39, 0.29) is 0 Å². The van der Waals surface area contributed by atoms with Crippen LogP contribution in [0.15, 0.2) is 122 Å². The molecule has 0 spiro atoms. The molecule has 1 nitrogen and oxygen atoms in total. The first-order valence-corrected chi connectivity index (χ1v) is 9.52. The van der Waals surface area contributed by atoms with Crippen LogP contribution in [0.2, 0.25) is 0 Å². The number of hydrogen-bond donors (Lipinski definition) is 0. The van der Waals surface area contributed by atoms with Gasteiger partial charge in [0.05, 0.1) is 0 Å². The third-order valence-corrected chi connectivity index (χ3v) is 4.90. The Morgan fingerprint density at radius 3 is 1.46 bits per heavy atom. The van der Waals surface area contributed by atoms with Gasteiger partial charge in [0.2, 0.25) is 0 Å². The molecule has 0 bridgehead atoms. The van der Waals surface area contributed by atoms with Gasteiger partial charge in [-0.3, -0.25) is 0 Å². The van der Waals surface area contributed by atoms with Crippen molar-refractivity contribution in [3.8, 4) is 0 Å². The Morgan fingerprint density at radius 1 is 0.536 bits per heavy atom. The highest BCUT2D eigenvalue weighted by atomic mass is 15.1. The van der Waals surface area contributed by atoms with Gasteiger partial charge in [-0.05, 0) is 46.5 Å². The van der Waals surface area contributed by atoms with Gasteiger partial charge in [0.15, 0.2) is 0 Å². The van der Waals surface area contributed by atoms with E-state index in [9.17, 15) is 0 Å². The zero-order chi connectivity index (χ0) is 19.2. The Balaban J connectivity index is 1.59. The zero-order valence-corrected chi connectivity index (χ0v) is 15.8. The first kappa shape index (κ1) is 17.8. The van der Waals surface area contributed by atoms with Crippen molar-refractivity contribution in [2.24, 2.45) is 0 Å². The molecule has 0 fully saturated rings. The van der Waals surface area contributed by atoms with E-state index < -0.39 is 0 Å². The summed E-state index contributed by atoms with van der Waals surface area (Å²) >= 11 is 0. The van der Waals surface area contributed by atoms with Crippen LogP contribution in [-0.2, 0) is 6.54 Å². The van der Waals surface area contributed by atoms with Gasteiger partial charge in [-0.15, -0.1) is 0 Å². The van der Waals surface area contributed by atoms with Crippen LogP contribution < -0.4 is 4.90 Å². The summed E-state index contributed by atoms with van der Waals surface area (Å²) < 4.78 is 0. The van der Waals surface area contributed by atoms with E-state index in [2.05, 4.69) is 109 Å². The van der Waals surface area contributed by atoms with Crippen molar-refractivity contribution in [1.82, 2.24) is 0 Å². The summed E-state index contributed by atoms with van der Waals surface area (Å²) in [5.41, 5.74) is 7.00. The summed E-state index contributed by atoms with van der Waals surface area (Å²) in [6.45, 7) is 5.08. The van der Waals surface area contributed by atoms with Crippen LogP contribution in [0, 0.1) is 0 Å². The fourth-order valence-electron chi connectivity index (χ4n) is 3.35. The first-order chi connectivity index (χ1) is 13.8. The topological polar surface area (TPSA) is 3.24 Å². The number of anilines is 2. The standard InChI is InChI=1S/C27H23N/c1-22(24-11-5-2-6-12-24)25-19-17-23(18-20-25)21-28(26-13-7-3-8-14-26)27-15-9-4-10-16-27/h2-20H,1,21H2. The molecule has 0 aliphatic rings. The molecule has 0 atom stereocenters. The van der Waals surface area contributed by atoms with Gasteiger partial charge in [0.25, 0.3) is 0 Å². The molecule has 0 saturated carbocycles. The lowest BCUT2D eigenvalue weighted by molar-refractivity contribution is 0.975. The van der Waals surface area contributed by atoms with Crippen molar-refractivity contribution in [2.75, 3.05) is 4.90 Å².